The van der Waals surface area contributed by atoms with E-state index < -0.39 is 45.2 Å². The molecule has 3 aromatic rings. The third kappa shape index (κ3) is 6.51. The van der Waals surface area contributed by atoms with Gasteiger partial charge < -0.3 is 10.2 Å². The van der Waals surface area contributed by atoms with Crippen molar-refractivity contribution in [2.45, 2.75) is 30.8 Å². The standard InChI is InChI=1S/C26H27FN4O6S/c1-3-24(26(33)28-2)29(17-19-9-11-20(27)12-10-19)25(32)18-30(21-13-15-22(16-14-21)31(34)35)38(36,37)23-7-5-4-6-8-23/h4-16,24H,3,17-18H2,1-2H3,(H,28,33)/t24-/m0/s1. The highest BCUT2D eigenvalue weighted by atomic mass is 32.2. The molecule has 200 valence electrons. The molecule has 0 aliphatic heterocycles. The number of nitrogens with one attached hydrogen (secondary N) is 1. The maximum absolute atomic E-state index is 13.7. The van der Waals surface area contributed by atoms with Crippen LogP contribution in [0.1, 0.15) is 18.9 Å². The monoisotopic (exact) mass is 542 g/mol. The van der Waals surface area contributed by atoms with Crippen LogP contribution >= 0.6 is 0 Å². The Morgan fingerprint density at radius 3 is 2.13 bits per heavy atom. The number of non-ortho nitro benzene ring substituents is 1. The molecule has 0 saturated carbocycles. The molecule has 0 aliphatic rings. The molecule has 38 heavy (non-hydrogen) atoms. The lowest BCUT2D eigenvalue weighted by atomic mass is 10.1. The number of carbonyl (C=O) groups excluding carboxylic acids is 2. The van der Waals surface area contributed by atoms with Gasteiger partial charge in [-0.3, -0.25) is 24.0 Å². The van der Waals surface area contributed by atoms with Crippen molar-refractivity contribution in [3.05, 3.63) is 100 Å². The van der Waals surface area contributed by atoms with E-state index in [2.05, 4.69) is 5.32 Å². The Morgan fingerprint density at radius 2 is 1.61 bits per heavy atom. The van der Waals surface area contributed by atoms with Gasteiger partial charge in [0.1, 0.15) is 18.4 Å². The summed E-state index contributed by atoms with van der Waals surface area (Å²) in [5.41, 5.74) is 0.318. The van der Waals surface area contributed by atoms with E-state index in [1.54, 1.807) is 13.0 Å². The van der Waals surface area contributed by atoms with E-state index in [-0.39, 0.29) is 29.2 Å². The topological polar surface area (TPSA) is 130 Å². The Balaban J connectivity index is 2.06. The van der Waals surface area contributed by atoms with Crippen LogP contribution in [0.4, 0.5) is 15.8 Å². The molecular formula is C26H27FN4O6S. The van der Waals surface area contributed by atoms with E-state index in [1.807, 2.05) is 0 Å². The molecule has 0 bridgehead atoms. The molecule has 0 saturated heterocycles. The lowest BCUT2D eigenvalue weighted by molar-refractivity contribution is -0.384. The fourth-order valence-electron chi connectivity index (χ4n) is 3.86. The number of benzene rings is 3. The minimum atomic E-state index is -4.29. The lowest BCUT2D eigenvalue weighted by Gasteiger charge is -2.33. The van der Waals surface area contributed by atoms with Crippen LogP contribution < -0.4 is 9.62 Å². The largest absolute Gasteiger partial charge is 0.357 e. The van der Waals surface area contributed by atoms with E-state index in [1.165, 1.54) is 72.6 Å². The molecule has 0 aliphatic carbocycles. The van der Waals surface area contributed by atoms with Crippen LogP contribution in [0.5, 0.6) is 0 Å². The first kappa shape index (κ1) is 28.3. The van der Waals surface area contributed by atoms with Gasteiger partial charge in [0.05, 0.1) is 15.5 Å². The fraction of sp³-hybridized carbons (Fsp3) is 0.231. The molecule has 10 nitrogen and oxygen atoms in total. The van der Waals surface area contributed by atoms with Crippen molar-refractivity contribution in [2.75, 3.05) is 17.9 Å². The predicted octanol–water partition coefficient (Wildman–Crippen LogP) is 3.48. The zero-order valence-electron chi connectivity index (χ0n) is 20.8. The lowest BCUT2D eigenvalue weighted by Crippen LogP contribution is -2.51. The van der Waals surface area contributed by atoms with Gasteiger partial charge in [-0.1, -0.05) is 37.3 Å². The summed E-state index contributed by atoms with van der Waals surface area (Å²) < 4.78 is 41.6. The van der Waals surface area contributed by atoms with Gasteiger partial charge in [0.2, 0.25) is 11.8 Å². The second-order valence-electron chi connectivity index (χ2n) is 8.28. The molecule has 0 fully saturated rings. The minimum Gasteiger partial charge on any atom is -0.357 e. The first-order valence-corrected chi connectivity index (χ1v) is 13.1. The number of hydrogen-bond donors (Lipinski definition) is 1. The molecule has 0 aromatic heterocycles. The zero-order valence-corrected chi connectivity index (χ0v) is 21.6. The average Bonchev–Trinajstić information content (AvgIpc) is 2.92. The summed E-state index contributed by atoms with van der Waals surface area (Å²) in [4.78, 5) is 38.0. The number of nitro benzene ring substituents is 1. The van der Waals surface area contributed by atoms with Crippen molar-refractivity contribution in [3.63, 3.8) is 0 Å². The van der Waals surface area contributed by atoms with Crippen molar-refractivity contribution in [2.24, 2.45) is 0 Å². The van der Waals surface area contributed by atoms with Crippen molar-refractivity contribution in [3.8, 4) is 0 Å². The number of amides is 2. The number of carbonyl (C=O) groups is 2. The number of rotatable bonds is 11. The number of likely N-dealkylation sites (N-methyl/N-ethyl adjacent to an activating group) is 1. The van der Waals surface area contributed by atoms with Crippen molar-refractivity contribution in [1.82, 2.24) is 10.2 Å². The molecule has 0 unspecified atom stereocenters. The van der Waals surface area contributed by atoms with Crippen LogP contribution in [0.25, 0.3) is 0 Å². The van der Waals surface area contributed by atoms with Crippen molar-refractivity contribution < 1.29 is 27.3 Å². The zero-order chi connectivity index (χ0) is 27.9. The summed E-state index contributed by atoms with van der Waals surface area (Å²) in [6, 6.07) is 16.7. The smallest absolute Gasteiger partial charge is 0.269 e. The predicted molar refractivity (Wildman–Crippen MR) is 139 cm³/mol. The maximum atomic E-state index is 13.7. The molecule has 3 rings (SSSR count). The molecule has 0 heterocycles. The van der Waals surface area contributed by atoms with Crippen LogP contribution in [-0.2, 0) is 26.2 Å². The van der Waals surface area contributed by atoms with Crippen LogP contribution in [0.3, 0.4) is 0 Å². The summed E-state index contributed by atoms with van der Waals surface area (Å²) in [6.45, 7) is 0.938. The van der Waals surface area contributed by atoms with Gasteiger partial charge in [-0.25, -0.2) is 12.8 Å². The summed E-state index contributed by atoms with van der Waals surface area (Å²) in [7, 11) is -2.86. The third-order valence-electron chi connectivity index (χ3n) is 5.86. The number of hydrogen-bond acceptors (Lipinski definition) is 6. The average molecular weight is 543 g/mol. The van der Waals surface area contributed by atoms with Gasteiger partial charge in [0, 0.05) is 25.7 Å². The fourth-order valence-corrected chi connectivity index (χ4v) is 5.30. The number of sulfonamides is 1. The first-order chi connectivity index (χ1) is 18.1. The van der Waals surface area contributed by atoms with Gasteiger partial charge >= 0.3 is 0 Å². The van der Waals surface area contributed by atoms with Gasteiger partial charge in [0.25, 0.3) is 15.7 Å². The Kier molecular flexibility index (Phi) is 9.13. The summed E-state index contributed by atoms with van der Waals surface area (Å²) in [6.07, 6.45) is 0.232. The molecule has 0 radical (unpaired) electrons. The van der Waals surface area contributed by atoms with Gasteiger partial charge in [-0.15, -0.1) is 0 Å². The van der Waals surface area contributed by atoms with E-state index in [9.17, 15) is 32.5 Å². The number of nitro groups is 1. The highest BCUT2D eigenvalue weighted by molar-refractivity contribution is 7.92. The maximum Gasteiger partial charge on any atom is 0.269 e. The Morgan fingerprint density at radius 1 is 1.00 bits per heavy atom. The highest BCUT2D eigenvalue weighted by Gasteiger charge is 2.33. The summed E-state index contributed by atoms with van der Waals surface area (Å²) in [5, 5.41) is 13.6. The normalized spacial score (nSPS) is 11.9. The van der Waals surface area contributed by atoms with Crippen LogP contribution in [0, 0.1) is 15.9 Å². The van der Waals surface area contributed by atoms with Crippen molar-refractivity contribution in [1.29, 1.82) is 0 Å². The van der Waals surface area contributed by atoms with E-state index in [0.29, 0.717) is 5.56 Å². The van der Waals surface area contributed by atoms with Gasteiger partial charge in [0.15, 0.2) is 0 Å². The van der Waals surface area contributed by atoms with Gasteiger partial charge in [-0.2, -0.15) is 0 Å². The second-order valence-corrected chi connectivity index (χ2v) is 10.1. The molecular weight excluding hydrogens is 515 g/mol. The number of nitrogens with zero attached hydrogens (tertiary/aromatic N) is 3. The van der Waals surface area contributed by atoms with Gasteiger partial charge in [-0.05, 0) is 48.4 Å². The van der Waals surface area contributed by atoms with Crippen LogP contribution in [0.15, 0.2) is 83.8 Å². The van der Waals surface area contributed by atoms with Crippen molar-refractivity contribution >= 4 is 33.2 Å². The Bertz CT molecular complexity index is 1380. The third-order valence-corrected chi connectivity index (χ3v) is 7.65. The Hall–Kier alpha value is -4.32. The summed E-state index contributed by atoms with van der Waals surface area (Å²) >= 11 is 0. The van der Waals surface area contributed by atoms with E-state index >= 15 is 0 Å². The Labute approximate surface area is 219 Å². The van der Waals surface area contributed by atoms with Crippen LogP contribution in [-0.4, -0.2) is 49.7 Å². The van der Waals surface area contributed by atoms with Crippen LogP contribution in [0.2, 0.25) is 0 Å². The number of halogens is 1. The quantitative estimate of drug-likeness (QED) is 0.292. The molecule has 1 atom stereocenters. The highest BCUT2D eigenvalue weighted by Crippen LogP contribution is 2.26. The molecule has 2 amide bonds. The molecule has 12 heteroatoms. The minimum absolute atomic E-state index is 0.0301. The molecule has 0 spiro atoms. The SMILES string of the molecule is CC[C@@H](C(=O)NC)N(Cc1ccc(F)cc1)C(=O)CN(c1ccc([N+](=O)[O-])cc1)S(=O)(=O)c1ccccc1. The molecule has 3 aromatic carbocycles. The van der Waals surface area contributed by atoms with E-state index in [0.717, 1.165) is 16.4 Å². The number of anilines is 1. The van der Waals surface area contributed by atoms with E-state index in [4.69, 9.17) is 0 Å². The summed E-state index contributed by atoms with van der Waals surface area (Å²) in [5.74, 6) is -1.61. The first-order valence-electron chi connectivity index (χ1n) is 11.7. The second kappa shape index (κ2) is 12.3. The molecule has 1 N–H and O–H groups in total.